The maximum absolute atomic E-state index is 5.94. The van der Waals surface area contributed by atoms with E-state index in [1.54, 1.807) is 11.3 Å². The summed E-state index contributed by atoms with van der Waals surface area (Å²) in [5, 5.41) is 4.19. The van der Waals surface area contributed by atoms with Gasteiger partial charge in [0, 0.05) is 13.1 Å². The Labute approximate surface area is 94.6 Å². The van der Waals surface area contributed by atoms with Gasteiger partial charge in [-0.3, -0.25) is 0 Å². The summed E-state index contributed by atoms with van der Waals surface area (Å²) in [7, 11) is 0. The molecule has 0 unspecified atom stereocenters. The highest BCUT2D eigenvalue weighted by atomic mass is 32.1. The summed E-state index contributed by atoms with van der Waals surface area (Å²) in [6.07, 6.45) is 3.82. The monoisotopic (exact) mass is 223 g/mol. The van der Waals surface area contributed by atoms with E-state index in [1.807, 2.05) is 0 Å². The van der Waals surface area contributed by atoms with Gasteiger partial charge >= 0.3 is 0 Å². The Kier molecular flexibility index (Phi) is 3.61. The molecule has 0 spiro atoms. The Morgan fingerprint density at radius 3 is 2.87 bits per heavy atom. The van der Waals surface area contributed by atoms with Crippen LogP contribution in [0.4, 0.5) is 0 Å². The van der Waals surface area contributed by atoms with E-state index in [4.69, 9.17) is 5.73 Å². The number of piperidine rings is 1. The summed E-state index contributed by atoms with van der Waals surface area (Å²) in [6, 6.07) is 2.09. The molecule has 0 saturated carbocycles. The Balaban J connectivity index is 1.88. The first-order chi connectivity index (χ1) is 7.36. The average molecular weight is 223 g/mol. The van der Waals surface area contributed by atoms with Gasteiger partial charge < -0.3 is 10.6 Å². The zero-order valence-corrected chi connectivity index (χ0v) is 9.67. The van der Waals surface area contributed by atoms with Gasteiger partial charge in [-0.05, 0) is 41.7 Å². The van der Waals surface area contributed by atoms with E-state index in [0.29, 0.717) is 12.5 Å². The topological polar surface area (TPSA) is 41.6 Å². The lowest BCUT2D eigenvalue weighted by atomic mass is 10.1. The van der Waals surface area contributed by atoms with Crippen LogP contribution in [0.3, 0.4) is 0 Å². The van der Waals surface area contributed by atoms with Crippen LogP contribution in [0.2, 0.25) is 0 Å². The molecule has 1 aliphatic heterocycles. The number of rotatable bonds is 2. The third kappa shape index (κ3) is 2.96. The van der Waals surface area contributed by atoms with E-state index >= 15 is 0 Å². The number of hydrogen-bond donors (Lipinski definition) is 1. The number of thiophene rings is 1. The van der Waals surface area contributed by atoms with Crippen LogP contribution >= 0.6 is 11.3 Å². The molecular formula is C11H17N3S. The van der Waals surface area contributed by atoms with Gasteiger partial charge in [-0.1, -0.05) is 0 Å². The third-order valence-corrected chi connectivity index (χ3v) is 3.42. The molecule has 0 radical (unpaired) electrons. The zero-order chi connectivity index (χ0) is 10.5. The second-order valence-electron chi connectivity index (χ2n) is 3.85. The Hall–Kier alpha value is -1.03. The maximum atomic E-state index is 5.94. The minimum atomic E-state index is 0.709. The van der Waals surface area contributed by atoms with E-state index in [1.165, 1.54) is 24.8 Å². The Morgan fingerprint density at radius 1 is 1.40 bits per heavy atom. The lowest BCUT2D eigenvalue weighted by Gasteiger charge is -2.27. The first kappa shape index (κ1) is 10.5. The van der Waals surface area contributed by atoms with Crippen molar-refractivity contribution in [2.75, 3.05) is 13.1 Å². The van der Waals surface area contributed by atoms with Crippen LogP contribution in [0.5, 0.6) is 0 Å². The predicted molar refractivity (Wildman–Crippen MR) is 65.1 cm³/mol. The summed E-state index contributed by atoms with van der Waals surface area (Å²) < 4.78 is 0. The van der Waals surface area contributed by atoms with Crippen LogP contribution in [-0.4, -0.2) is 23.9 Å². The van der Waals surface area contributed by atoms with Crippen LogP contribution < -0.4 is 5.73 Å². The fraction of sp³-hybridized carbons (Fsp3) is 0.545. The van der Waals surface area contributed by atoms with E-state index in [0.717, 1.165) is 13.1 Å². The van der Waals surface area contributed by atoms with Gasteiger partial charge in [-0.2, -0.15) is 11.3 Å². The molecule has 2 rings (SSSR count). The van der Waals surface area contributed by atoms with Crippen LogP contribution in [0, 0.1) is 0 Å². The smallest absolute Gasteiger partial charge is 0.191 e. The fourth-order valence-electron chi connectivity index (χ4n) is 1.78. The molecule has 1 aromatic rings. The van der Waals surface area contributed by atoms with Crippen molar-refractivity contribution in [3.8, 4) is 0 Å². The van der Waals surface area contributed by atoms with Gasteiger partial charge in [-0.25, -0.2) is 4.99 Å². The minimum absolute atomic E-state index is 0.709. The van der Waals surface area contributed by atoms with Crippen LogP contribution in [-0.2, 0) is 6.54 Å². The van der Waals surface area contributed by atoms with Gasteiger partial charge in [-0.15, -0.1) is 0 Å². The quantitative estimate of drug-likeness (QED) is 0.616. The standard InChI is InChI=1S/C11H17N3S/c12-11(14-5-2-1-3-6-14)13-8-10-4-7-15-9-10/h4,7,9H,1-3,5-6,8H2,(H2,12,13). The summed E-state index contributed by atoms with van der Waals surface area (Å²) in [4.78, 5) is 6.61. The molecule has 82 valence electrons. The molecule has 1 aromatic heterocycles. The van der Waals surface area contributed by atoms with Gasteiger partial charge in [0.2, 0.25) is 0 Å². The van der Waals surface area contributed by atoms with Gasteiger partial charge in [0.1, 0.15) is 0 Å². The van der Waals surface area contributed by atoms with E-state index in [-0.39, 0.29) is 0 Å². The van der Waals surface area contributed by atoms with E-state index in [2.05, 4.69) is 26.7 Å². The van der Waals surface area contributed by atoms with Gasteiger partial charge in [0.25, 0.3) is 0 Å². The summed E-state index contributed by atoms with van der Waals surface area (Å²) >= 11 is 1.70. The number of aliphatic imine (C=N–C) groups is 1. The number of nitrogens with zero attached hydrogens (tertiary/aromatic N) is 2. The molecule has 0 aliphatic carbocycles. The molecule has 15 heavy (non-hydrogen) atoms. The summed E-state index contributed by atoms with van der Waals surface area (Å²) in [5.74, 6) is 0.709. The van der Waals surface area contributed by atoms with Gasteiger partial charge in [0.05, 0.1) is 6.54 Å². The van der Waals surface area contributed by atoms with Crippen molar-refractivity contribution in [1.82, 2.24) is 4.90 Å². The number of likely N-dealkylation sites (tertiary alicyclic amines) is 1. The molecule has 1 saturated heterocycles. The highest BCUT2D eigenvalue weighted by Gasteiger charge is 2.11. The van der Waals surface area contributed by atoms with Crippen LogP contribution in [0.25, 0.3) is 0 Å². The minimum Gasteiger partial charge on any atom is -0.370 e. The molecule has 2 heterocycles. The molecule has 1 aliphatic rings. The van der Waals surface area contributed by atoms with Crippen molar-refractivity contribution in [3.63, 3.8) is 0 Å². The second kappa shape index (κ2) is 5.16. The molecule has 1 fully saturated rings. The van der Waals surface area contributed by atoms with Crippen molar-refractivity contribution in [2.45, 2.75) is 25.8 Å². The van der Waals surface area contributed by atoms with Crippen molar-refractivity contribution < 1.29 is 0 Å². The lowest BCUT2D eigenvalue weighted by molar-refractivity contribution is 0.338. The maximum Gasteiger partial charge on any atom is 0.191 e. The number of hydrogen-bond acceptors (Lipinski definition) is 2. The van der Waals surface area contributed by atoms with Gasteiger partial charge in [0.15, 0.2) is 5.96 Å². The van der Waals surface area contributed by atoms with Crippen molar-refractivity contribution in [1.29, 1.82) is 0 Å². The molecule has 0 bridgehead atoms. The first-order valence-corrected chi connectivity index (χ1v) is 6.36. The third-order valence-electron chi connectivity index (χ3n) is 2.68. The number of guanidine groups is 1. The largest absolute Gasteiger partial charge is 0.370 e. The van der Waals surface area contributed by atoms with E-state index in [9.17, 15) is 0 Å². The average Bonchev–Trinajstić information content (AvgIpc) is 2.80. The number of nitrogens with two attached hydrogens (primary N) is 1. The SMILES string of the molecule is NC(=NCc1ccsc1)N1CCCCC1. The molecular weight excluding hydrogens is 206 g/mol. The van der Waals surface area contributed by atoms with Crippen molar-refractivity contribution >= 4 is 17.3 Å². The van der Waals surface area contributed by atoms with Crippen molar-refractivity contribution in [2.24, 2.45) is 10.7 Å². The molecule has 4 heteroatoms. The normalized spacial score (nSPS) is 18.1. The lowest BCUT2D eigenvalue weighted by Crippen LogP contribution is -2.40. The highest BCUT2D eigenvalue weighted by molar-refractivity contribution is 7.07. The zero-order valence-electron chi connectivity index (χ0n) is 8.85. The molecule has 0 atom stereocenters. The molecule has 3 nitrogen and oxygen atoms in total. The Bertz CT molecular complexity index is 313. The summed E-state index contributed by atoms with van der Waals surface area (Å²) in [5.41, 5.74) is 7.19. The second-order valence-corrected chi connectivity index (χ2v) is 4.63. The highest BCUT2D eigenvalue weighted by Crippen LogP contribution is 2.10. The Morgan fingerprint density at radius 2 is 2.20 bits per heavy atom. The molecule has 0 amide bonds. The fourth-order valence-corrected chi connectivity index (χ4v) is 2.44. The molecule has 0 aromatic carbocycles. The predicted octanol–water partition coefficient (Wildman–Crippen LogP) is 2.05. The summed E-state index contributed by atoms with van der Waals surface area (Å²) in [6.45, 7) is 2.85. The van der Waals surface area contributed by atoms with E-state index < -0.39 is 0 Å². The van der Waals surface area contributed by atoms with Crippen LogP contribution in [0.1, 0.15) is 24.8 Å². The first-order valence-electron chi connectivity index (χ1n) is 5.42. The molecule has 2 N–H and O–H groups in total. The van der Waals surface area contributed by atoms with Crippen LogP contribution in [0.15, 0.2) is 21.8 Å². The van der Waals surface area contributed by atoms with Crippen molar-refractivity contribution in [3.05, 3.63) is 22.4 Å².